The van der Waals surface area contributed by atoms with Crippen molar-refractivity contribution in [1.82, 2.24) is 15.0 Å². The summed E-state index contributed by atoms with van der Waals surface area (Å²) in [6.45, 7) is 3.86. The zero-order chi connectivity index (χ0) is 16.4. The Kier molecular flexibility index (Phi) is 4.20. The molecular formula is C16H16N4O2S. The van der Waals surface area contributed by atoms with Gasteiger partial charge in [-0.05, 0) is 26.0 Å². The topological polar surface area (TPSA) is 87.7 Å². The minimum Gasteiger partial charge on any atom is -0.319 e. The van der Waals surface area contributed by atoms with E-state index in [9.17, 15) is 9.59 Å². The molecule has 0 aliphatic carbocycles. The van der Waals surface area contributed by atoms with Crippen molar-refractivity contribution >= 4 is 33.4 Å². The third kappa shape index (κ3) is 3.45. The monoisotopic (exact) mass is 328 g/mol. The van der Waals surface area contributed by atoms with Crippen molar-refractivity contribution in [2.75, 3.05) is 5.32 Å². The summed E-state index contributed by atoms with van der Waals surface area (Å²) in [5, 5.41) is 3.35. The van der Waals surface area contributed by atoms with Crippen LogP contribution in [0.4, 0.5) is 5.13 Å². The fourth-order valence-corrected chi connectivity index (χ4v) is 3.01. The summed E-state index contributed by atoms with van der Waals surface area (Å²) in [6.07, 6.45) is 0.474. The van der Waals surface area contributed by atoms with Gasteiger partial charge in [-0.2, -0.15) is 0 Å². The van der Waals surface area contributed by atoms with Gasteiger partial charge in [0.05, 0.1) is 16.7 Å². The van der Waals surface area contributed by atoms with Crippen molar-refractivity contribution in [2.45, 2.75) is 26.7 Å². The maximum absolute atomic E-state index is 12.0. The number of carbonyl (C=O) groups is 1. The number of aryl methyl sites for hydroxylation is 3. The second-order valence-electron chi connectivity index (χ2n) is 5.24. The SMILES string of the molecule is Cc1nc(NC(=O)CCc2nc3ccccc3[nH]c2=O)sc1C. The van der Waals surface area contributed by atoms with E-state index < -0.39 is 0 Å². The number of hydrogen-bond acceptors (Lipinski definition) is 5. The quantitative estimate of drug-likeness (QED) is 0.770. The predicted octanol–water partition coefficient (Wildman–Crippen LogP) is 2.57. The van der Waals surface area contributed by atoms with Crippen LogP contribution in [0.5, 0.6) is 0 Å². The molecule has 1 aromatic carbocycles. The molecule has 0 aliphatic heterocycles. The van der Waals surface area contributed by atoms with Crippen LogP contribution in [0.15, 0.2) is 29.1 Å². The zero-order valence-corrected chi connectivity index (χ0v) is 13.7. The van der Waals surface area contributed by atoms with Gasteiger partial charge in [0.2, 0.25) is 5.91 Å². The molecule has 0 unspecified atom stereocenters. The molecule has 6 nitrogen and oxygen atoms in total. The molecule has 7 heteroatoms. The van der Waals surface area contributed by atoms with E-state index in [2.05, 4.69) is 20.3 Å². The van der Waals surface area contributed by atoms with Gasteiger partial charge < -0.3 is 10.3 Å². The Morgan fingerprint density at radius 3 is 2.78 bits per heavy atom. The molecule has 0 atom stereocenters. The number of hydrogen-bond donors (Lipinski definition) is 2. The van der Waals surface area contributed by atoms with E-state index in [1.165, 1.54) is 11.3 Å². The third-order valence-electron chi connectivity index (χ3n) is 3.53. The Bertz CT molecular complexity index is 910. The lowest BCUT2D eigenvalue weighted by molar-refractivity contribution is -0.116. The molecule has 0 saturated heterocycles. The number of benzene rings is 1. The summed E-state index contributed by atoms with van der Waals surface area (Å²) >= 11 is 1.44. The van der Waals surface area contributed by atoms with Crippen LogP contribution in [0.3, 0.4) is 0 Å². The Morgan fingerprint density at radius 1 is 1.26 bits per heavy atom. The van der Waals surface area contributed by atoms with Gasteiger partial charge in [-0.1, -0.05) is 12.1 Å². The number of carbonyl (C=O) groups excluding carboxylic acids is 1. The number of nitrogens with one attached hydrogen (secondary N) is 2. The third-order valence-corrected chi connectivity index (χ3v) is 4.52. The maximum atomic E-state index is 12.0. The maximum Gasteiger partial charge on any atom is 0.270 e. The summed E-state index contributed by atoms with van der Waals surface area (Å²) in [5.74, 6) is -0.173. The number of rotatable bonds is 4. The van der Waals surface area contributed by atoms with Crippen LogP contribution in [-0.2, 0) is 11.2 Å². The molecule has 0 radical (unpaired) electrons. The highest BCUT2D eigenvalue weighted by molar-refractivity contribution is 7.15. The van der Waals surface area contributed by atoms with Crippen LogP contribution in [0, 0.1) is 13.8 Å². The zero-order valence-electron chi connectivity index (χ0n) is 12.8. The fourth-order valence-electron chi connectivity index (χ4n) is 2.18. The Labute approximate surface area is 136 Å². The first-order chi connectivity index (χ1) is 11.0. The molecule has 0 fully saturated rings. The first-order valence-corrected chi connectivity index (χ1v) is 8.06. The molecule has 2 N–H and O–H groups in total. The van der Waals surface area contributed by atoms with Gasteiger partial charge in [0.15, 0.2) is 5.13 Å². The fraction of sp³-hybridized carbons (Fsp3) is 0.250. The highest BCUT2D eigenvalue weighted by Gasteiger charge is 2.10. The van der Waals surface area contributed by atoms with Crippen molar-refractivity contribution in [1.29, 1.82) is 0 Å². The number of H-pyrrole nitrogens is 1. The minimum atomic E-state index is -0.252. The lowest BCUT2D eigenvalue weighted by Crippen LogP contribution is -2.18. The number of aromatic amines is 1. The van der Waals surface area contributed by atoms with Crippen LogP contribution < -0.4 is 10.9 Å². The number of nitrogens with zero attached hydrogens (tertiary/aromatic N) is 2. The van der Waals surface area contributed by atoms with E-state index in [0.717, 1.165) is 10.6 Å². The molecule has 0 spiro atoms. The number of fused-ring (bicyclic) bond motifs is 1. The van der Waals surface area contributed by atoms with Crippen molar-refractivity contribution < 1.29 is 4.79 Å². The normalized spacial score (nSPS) is 10.9. The molecule has 118 valence electrons. The number of para-hydroxylation sites is 2. The molecule has 3 rings (SSSR count). The molecule has 0 bridgehead atoms. The van der Waals surface area contributed by atoms with Gasteiger partial charge in [-0.25, -0.2) is 9.97 Å². The van der Waals surface area contributed by atoms with Gasteiger partial charge in [0, 0.05) is 17.7 Å². The first-order valence-electron chi connectivity index (χ1n) is 7.25. The van der Waals surface area contributed by atoms with Crippen molar-refractivity contribution in [3.05, 3.63) is 50.9 Å². The van der Waals surface area contributed by atoms with Crippen LogP contribution in [-0.4, -0.2) is 20.9 Å². The average molecular weight is 328 g/mol. The minimum absolute atomic E-state index is 0.173. The van der Waals surface area contributed by atoms with Crippen LogP contribution >= 0.6 is 11.3 Å². The van der Waals surface area contributed by atoms with Gasteiger partial charge in [0.25, 0.3) is 5.56 Å². The van der Waals surface area contributed by atoms with Gasteiger partial charge in [0.1, 0.15) is 5.69 Å². The van der Waals surface area contributed by atoms with Crippen LogP contribution in [0.1, 0.15) is 22.7 Å². The Balaban J connectivity index is 1.69. The van der Waals surface area contributed by atoms with Crippen molar-refractivity contribution in [3.8, 4) is 0 Å². The molecule has 0 saturated carbocycles. The molecule has 23 heavy (non-hydrogen) atoms. The van der Waals surface area contributed by atoms with E-state index in [1.807, 2.05) is 32.0 Å². The number of amides is 1. The largest absolute Gasteiger partial charge is 0.319 e. The lowest BCUT2D eigenvalue weighted by Gasteiger charge is -2.03. The molecule has 2 heterocycles. The standard InChI is InChI=1S/C16H16N4O2S/c1-9-10(2)23-16(17-9)20-14(21)8-7-13-15(22)19-12-6-4-3-5-11(12)18-13/h3-6H,7-8H2,1-2H3,(H,19,22)(H,17,20,21). The van der Waals surface area contributed by atoms with Gasteiger partial charge in [-0.15, -0.1) is 11.3 Å². The second-order valence-corrected chi connectivity index (χ2v) is 6.44. The molecule has 3 aromatic rings. The highest BCUT2D eigenvalue weighted by Crippen LogP contribution is 2.21. The summed E-state index contributed by atoms with van der Waals surface area (Å²) in [6, 6.07) is 7.33. The predicted molar refractivity (Wildman–Crippen MR) is 90.9 cm³/mol. The number of aromatic nitrogens is 3. The summed E-state index contributed by atoms with van der Waals surface area (Å²) < 4.78 is 0. The highest BCUT2D eigenvalue weighted by atomic mass is 32.1. The first kappa shape index (κ1) is 15.4. The van der Waals surface area contributed by atoms with E-state index in [1.54, 1.807) is 6.07 Å². The smallest absolute Gasteiger partial charge is 0.270 e. The number of thiazole rings is 1. The van der Waals surface area contributed by atoms with E-state index in [0.29, 0.717) is 21.9 Å². The molecule has 0 aliphatic rings. The second kappa shape index (κ2) is 6.29. The van der Waals surface area contributed by atoms with Gasteiger partial charge >= 0.3 is 0 Å². The Hall–Kier alpha value is -2.54. The Morgan fingerprint density at radius 2 is 2.04 bits per heavy atom. The summed E-state index contributed by atoms with van der Waals surface area (Å²) in [4.78, 5) is 36.4. The molecular weight excluding hydrogens is 312 g/mol. The lowest BCUT2D eigenvalue weighted by atomic mass is 10.2. The molecule has 2 aromatic heterocycles. The summed E-state index contributed by atoms with van der Waals surface area (Å²) in [7, 11) is 0. The van der Waals surface area contributed by atoms with Crippen LogP contribution in [0.25, 0.3) is 11.0 Å². The van der Waals surface area contributed by atoms with E-state index in [4.69, 9.17) is 0 Å². The summed E-state index contributed by atoms with van der Waals surface area (Å²) in [5.41, 5.74) is 2.44. The van der Waals surface area contributed by atoms with E-state index >= 15 is 0 Å². The average Bonchev–Trinajstić information content (AvgIpc) is 2.83. The van der Waals surface area contributed by atoms with Crippen molar-refractivity contribution in [2.24, 2.45) is 0 Å². The molecule has 1 amide bonds. The van der Waals surface area contributed by atoms with Crippen LogP contribution in [0.2, 0.25) is 0 Å². The van der Waals surface area contributed by atoms with Crippen molar-refractivity contribution in [3.63, 3.8) is 0 Å². The van der Waals surface area contributed by atoms with E-state index in [-0.39, 0.29) is 24.3 Å². The van der Waals surface area contributed by atoms with Gasteiger partial charge in [-0.3, -0.25) is 9.59 Å². The number of anilines is 1.